The number of ether oxygens (including phenoxy) is 4. The molecule has 3 saturated heterocycles. The summed E-state index contributed by atoms with van der Waals surface area (Å²) < 4.78 is 24.8. The van der Waals surface area contributed by atoms with Gasteiger partial charge in [0.2, 0.25) is 0 Å². The zero-order valence-corrected chi connectivity index (χ0v) is 15.2. The first-order valence-electron chi connectivity index (χ1n) is 7.87. The van der Waals surface area contributed by atoms with E-state index < -0.39 is 17.7 Å². The predicted octanol–water partition coefficient (Wildman–Crippen LogP) is 2.22. The number of fused-ring (bicyclic) bond motifs is 1. The fourth-order valence-electron chi connectivity index (χ4n) is 3.26. The van der Waals surface area contributed by atoms with Crippen molar-refractivity contribution in [2.24, 2.45) is 0 Å². The van der Waals surface area contributed by atoms with Crippen LogP contribution in [-0.4, -0.2) is 63.8 Å². The van der Waals surface area contributed by atoms with Gasteiger partial charge in [-0.15, -0.1) is 23.5 Å². The number of thioether (sulfide) groups is 2. The third-order valence-corrected chi connectivity index (χ3v) is 7.07. The maximum absolute atomic E-state index is 9.74. The Bertz CT molecular complexity index is 397. The number of aliphatic hydroxyl groups is 1. The van der Waals surface area contributed by atoms with E-state index >= 15 is 0 Å². The molecular weight excluding hydrogens is 324 g/mol. The van der Waals surface area contributed by atoms with E-state index in [-0.39, 0.29) is 24.9 Å². The van der Waals surface area contributed by atoms with Gasteiger partial charge in [0.05, 0.1) is 11.2 Å². The van der Waals surface area contributed by atoms with Crippen LogP contribution in [0.1, 0.15) is 34.1 Å². The van der Waals surface area contributed by atoms with Gasteiger partial charge < -0.3 is 24.1 Å². The van der Waals surface area contributed by atoms with E-state index in [0.29, 0.717) is 4.58 Å². The van der Waals surface area contributed by atoms with E-state index in [1.165, 1.54) is 6.42 Å². The predicted molar refractivity (Wildman–Crippen MR) is 88.1 cm³/mol. The van der Waals surface area contributed by atoms with Crippen LogP contribution < -0.4 is 0 Å². The van der Waals surface area contributed by atoms with Gasteiger partial charge in [-0.2, -0.15) is 0 Å². The Labute approximate surface area is 140 Å². The van der Waals surface area contributed by atoms with Gasteiger partial charge in [0.15, 0.2) is 11.6 Å². The summed E-state index contributed by atoms with van der Waals surface area (Å²) in [6, 6.07) is 0. The minimum absolute atomic E-state index is 0.106. The molecule has 0 aliphatic carbocycles. The van der Waals surface area contributed by atoms with Crippen molar-refractivity contribution in [3.63, 3.8) is 0 Å². The van der Waals surface area contributed by atoms with Crippen molar-refractivity contribution in [1.29, 1.82) is 0 Å². The van der Waals surface area contributed by atoms with Crippen LogP contribution in [-0.2, 0) is 18.9 Å². The third-order valence-electron chi connectivity index (χ3n) is 4.01. The van der Waals surface area contributed by atoms with Gasteiger partial charge in [0.1, 0.15) is 24.4 Å². The Hall–Kier alpha value is 0.500. The average Bonchev–Trinajstić information content (AvgIpc) is 2.74. The molecule has 0 radical (unpaired) electrons. The molecule has 3 aliphatic rings. The first kappa shape index (κ1) is 17.3. The van der Waals surface area contributed by atoms with Gasteiger partial charge in [-0.1, -0.05) is 0 Å². The van der Waals surface area contributed by atoms with Gasteiger partial charge in [0, 0.05) is 0 Å². The second-order valence-electron chi connectivity index (χ2n) is 6.85. The maximum Gasteiger partial charge on any atom is 0.164 e. The minimum atomic E-state index is -0.766. The number of hydrogen-bond acceptors (Lipinski definition) is 7. The highest BCUT2D eigenvalue weighted by Crippen LogP contribution is 2.45. The number of rotatable bonds is 2. The molecule has 3 rings (SSSR count). The van der Waals surface area contributed by atoms with Crippen molar-refractivity contribution in [1.82, 2.24) is 0 Å². The summed E-state index contributed by atoms with van der Waals surface area (Å²) in [4.78, 5) is 0. The highest BCUT2D eigenvalue weighted by atomic mass is 32.2. The minimum Gasteiger partial charge on any atom is -0.394 e. The van der Waals surface area contributed by atoms with Crippen molar-refractivity contribution < 1.29 is 24.1 Å². The maximum atomic E-state index is 9.74. The molecule has 0 bridgehead atoms. The molecule has 0 saturated carbocycles. The van der Waals surface area contributed by atoms with E-state index in [2.05, 4.69) is 0 Å². The summed E-state index contributed by atoms with van der Waals surface area (Å²) in [6.45, 7) is 7.49. The van der Waals surface area contributed by atoms with Gasteiger partial charge in [-0.25, -0.2) is 0 Å². The molecule has 0 amide bonds. The van der Waals surface area contributed by atoms with Crippen molar-refractivity contribution in [3.05, 3.63) is 0 Å². The normalized spacial score (nSPS) is 41.9. The van der Waals surface area contributed by atoms with E-state index in [4.69, 9.17) is 18.9 Å². The average molecular weight is 351 g/mol. The van der Waals surface area contributed by atoms with E-state index in [0.717, 1.165) is 11.5 Å². The van der Waals surface area contributed by atoms with Gasteiger partial charge in [0.25, 0.3) is 0 Å². The Balaban J connectivity index is 1.88. The lowest BCUT2D eigenvalue weighted by atomic mass is 10.0. The summed E-state index contributed by atoms with van der Waals surface area (Å²) in [7, 11) is 0. The van der Waals surface area contributed by atoms with Crippen LogP contribution in [0.5, 0.6) is 0 Å². The Morgan fingerprint density at radius 2 is 1.41 bits per heavy atom. The van der Waals surface area contributed by atoms with E-state index in [1.807, 2.05) is 51.2 Å². The Kier molecular flexibility index (Phi) is 5.06. The summed E-state index contributed by atoms with van der Waals surface area (Å²) in [5.41, 5.74) is 0. The van der Waals surface area contributed by atoms with Crippen LogP contribution >= 0.6 is 23.5 Å². The lowest BCUT2D eigenvalue weighted by molar-refractivity contribution is -0.273. The molecule has 3 fully saturated rings. The van der Waals surface area contributed by atoms with Gasteiger partial charge in [-0.3, -0.25) is 0 Å². The largest absolute Gasteiger partial charge is 0.394 e. The fraction of sp³-hybridized carbons (Fsp3) is 1.00. The quantitative estimate of drug-likeness (QED) is 0.819. The lowest BCUT2D eigenvalue weighted by Crippen LogP contribution is -2.46. The van der Waals surface area contributed by atoms with Crippen molar-refractivity contribution >= 4 is 23.5 Å². The summed E-state index contributed by atoms with van der Waals surface area (Å²) >= 11 is 3.84. The fourth-order valence-corrected chi connectivity index (χ4v) is 6.29. The van der Waals surface area contributed by atoms with Crippen LogP contribution in [0.2, 0.25) is 0 Å². The molecular formula is C15H26O5S2. The highest BCUT2D eigenvalue weighted by molar-refractivity contribution is 8.17. The topological polar surface area (TPSA) is 57.2 Å². The smallest absolute Gasteiger partial charge is 0.164 e. The zero-order chi connectivity index (χ0) is 16.0. The van der Waals surface area contributed by atoms with E-state index in [1.54, 1.807) is 0 Å². The second kappa shape index (κ2) is 6.43. The van der Waals surface area contributed by atoms with Crippen molar-refractivity contribution in [2.75, 3.05) is 18.1 Å². The summed E-state index contributed by atoms with van der Waals surface area (Å²) in [5.74, 6) is 0.838. The van der Waals surface area contributed by atoms with Gasteiger partial charge >= 0.3 is 0 Å². The van der Waals surface area contributed by atoms with Crippen LogP contribution in [0, 0.1) is 0 Å². The summed E-state index contributed by atoms with van der Waals surface area (Å²) in [6.07, 6.45) is 0.139. The summed E-state index contributed by atoms with van der Waals surface area (Å²) in [5, 5.41) is 9.74. The van der Waals surface area contributed by atoms with Crippen LogP contribution in [0.15, 0.2) is 0 Å². The Morgan fingerprint density at radius 3 is 2.05 bits per heavy atom. The zero-order valence-electron chi connectivity index (χ0n) is 13.6. The van der Waals surface area contributed by atoms with Crippen molar-refractivity contribution in [3.8, 4) is 0 Å². The second-order valence-corrected chi connectivity index (χ2v) is 9.65. The molecule has 5 nitrogen and oxygen atoms in total. The number of aliphatic hydroxyl groups excluding tert-OH is 1. The SMILES string of the molecule is CC1(C)O[C@@H]2[C@H](O1)[C@@H](CO)OC(C)(C)O[C@H]2C1SCCCS1. The molecule has 3 aliphatic heterocycles. The molecule has 22 heavy (non-hydrogen) atoms. The van der Waals surface area contributed by atoms with Crippen LogP contribution in [0.4, 0.5) is 0 Å². The molecule has 7 heteroatoms. The van der Waals surface area contributed by atoms with Gasteiger partial charge in [-0.05, 0) is 45.6 Å². The molecule has 0 unspecified atom stereocenters. The van der Waals surface area contributed by atoms with Crippen LogP contribution in [0.3, 0.4) is 0 Å². The standard InChI is InChI=1S/C15H26O5S2/c1-14(2)17-9(8-16)10-11(19-15(3,4)18-10)12(20-14)13-21-6-5-7-22-13/h9-13,16H,5-8H2,1-4H3/t9-,10-,11-,12-/m1/s1. The first-order chi connectivity index (χ1) is 10.3. The lowest BCUT2D eigenvalue weighted by Gasteiger charge is -2.36. The number of hydrogen-bond donors (Lipinski definition) is 1. The third kappa shape index (κ3) is 3.61. The molecule has 3 heterocycles. The van der Waals surface area contributed by atoms with Crippen molar-refractivity contribution in [2.45, 2.75) is 74.7 Å². The first-order valence-corrected chi connectivity index (χ1v) is 9.96. The molecule has 0 spiro atoms. The molecule has 0 aromatic heterocycles. The molecule has 0 aromatic rings. The molecule has 4 atom stereocenters. The van der Waals surface area contributed by atoms with E-state index in [9.17, 15) is 5.11 Å². The highest BCUT2D eigenvalue weighted by Gasteiger charge is 2.55. The molecule has 1 N–H and O–H groups in total. The molecule has 0 aromatic carbocycles. The van der Waals surface area contributed by atoms with Crippen LogP contribution in [0.25, 0.3) is 0 Å². The monoisotopic (exact) mass is 350 g/mol. The Morgan fingerprint density at radius 1 is 0.864 bits per heavy atom. The molecule has 128 valence electrons.